The van der Waals surface area contributed by atoms with Crippen LogP contribution < -0.4 is 14.8 Å². The number of aliphatic hydroxyl groups is 1. The second-order valence-electron chi connectivity index (χ2n) is 5.04. The first-order valence-electron chi connectivity index (χ1n) is 6.49. The number of rotatable bonds is 4. The van der Waals surface area contributed by atoms with Gasteiger partial charge in [0.2, 0.25) is 6.79 Å². The molecule has 0 aliphatic carbocycles. The molecule has 0 fully saturated rings. The van der Waals surface area contributed by atoms with Gasteiger partial charge in [-0.05, 0) is 36.1 Å². The lowest BCUT2D eigenvalue weighted by Crippen LogP contribution is -2.38. The summed E-state index contributed by atoms with van der Waals surface area (Å²) in [4.78, 5) is 11.9. The van der Waals surface area contributed by atoms with E-state index in [2.05, 4.69) is 5.32 Å². The highest BCUT2D eigenvalue weighted by molar-refractivity contribution is 7.08. The summed E-state index contributed by atoms with van der Waals surface area (Å²) >= 11 is 1.46. The number of carbonyl (C=O) groups is 1. The Bertz CT molecular complexity index is 652. The highest BCUT2D eigenvalue weighted by Gasteiger charge is 2.26. The minimum absolute atomic E-state index is 0.112. The SMILES string of the molecule is CC(O)(CNC(=O)c1ccsc1)c1ccc2c(c1)OCO2. The van der Waals surface area contributed by atoms with Crippen LogP contribution in [0.3, 0.4) is 0 Å². The molecule has 6 heteroatoms. The van der Waals surface area contributed by atoms with Gasteiger partial charge in [0, 0.05) is 10.9 Å². The highest BCUT2D eigenvalue weighted by Crippen LogP contribution is 2.35. The molecule has 1 atom stereocenters. The zero-order valence-electron chi connectivity index (χ0n) is 11.5. The lowest BCUT2D eigenvalue weighted by molar-refractivity contribution is 0.0525. The molecule has 1 aliphatic heterocycles. The van der Waals surface area contributed by atoms with Crippen molar-refractivity contribution in [2.45, 2.75) is 12.5 Å². The van der Waals surface area contributed by atoms with Crippen LogP contribution in [0.5, 0.6) is 11.5 Å². The molecule has 1 aliphatic rings. The number of nitrogens with one attached hydrogen (secondary N) is 1. The minimum Gasteiger partial charge on any atom is -0.454 e. The fourth-order valence-corrected chi connectivity index (χ4v) is 2.72. The van der Waals surface area contributed by atoms with Crippen molar-refractivity contribution in [3.63, 3.8) is 0 Å². The molecule has 1 amide bonds. The van der Waals surface area contributed by atoms with E-state index < -0.39 is 5.60 Å². The van der Waals surface area contributed by atoms with Crippen LogP contribution in [0.25, 0.3) is 0 Å². The van der Waals surface area contributed by atoms with Gasteiger partial charge >= 0.3 is 0 Å². The van der Waals surface area contributed by atoms with Crippen LogP contribution in [0.1, 0.15) is 22.8 Å². The number of benzene rings is 1. The molecule has 2 aromatic rings. The number of fused-ring (bicyclic) bond motifs is 1. The molecule has 0 saturated carbocycles. The summed E-state index contributed by atoms with van der Waals surface area (Å²) in [7, 11) is 0. The average molecular weight is 305 g/mol. The molecule has 0 bridgehead atoms. The summed E-state index contributed by atoms with van der Waals surface area (Å²) in [6, 6.07) is 7.01. The summed E-state index contributed by atoms with van der Waals surface area (Å²) in [5.41, 5.74) is 0.0750. The number of ether oxygens (including phenoxy) is 2. The van der Waals surface area contributed by atoms with Gasteiger partial charge in [0.1, 0.15) is 5.60 Å². The lowest BCUT2D eigenvalue weighted by atomic mass is 9.95. The third-order valence-electron chi connectivity index (χ3n) is 3.37. The maximum absolute atomic E-state index is 11.9. The molecule has 3 rings (SSSR count). The fraction of sp³-hybridized carbons (Fsp3) is 0.267. The molecule has 5 nitrogen and oxygen atoms in total. The third-order valence-corrected chi connectivity index (χ3v) is 4.05. The Balaban J connectivity index is 1.70. The smallest absolute Gasteiger partial charge is 0.252 e. The van der Waals surface area contributed by atoms with Crippen molar-refractivity contribution < 1.29 is 19.4 Å². The van der Waals surface area contributed by atoms with E-state index >= 15 is 0 Å². The first-order valence-corrected chi connectivity index (χ1v) is 7.43. The second-order valence-corrected chi connectivity index (χ2v) is 5.82. The Morgan fingerprint density at radius 3 is 2.95 bits per heavy atom. The van der Waals surface area contributed by atoms with Crippen LogP contribution in [-0.4, -0.2) is 24.4 Å². The number of thiophene rings is 1. The predicted molar refractivity (Wildman–Crippen MR) is 78.8 cm³/mol. The van der Waals surface area contributed by atoms with E-state index in [1.54, 1.807) is 36.6 Å². The molecule has 0 radical (unpaired) electrons. The van der Waals surface area contributed by atoms with E-state index in [4.69, 9.17) is 9.47 Å². The first kappa shape index (κ1) is 13.9. The Hall–Kier alpha value is -2.05. The van der Waals surface area contributed by atoms with Crippen LogP contribution in [0.15, 0.2) is 35.0 Å². The van der Waals surface area contributed by atoms with E-state index in [1.165, 1.54) is 11.3 Å². The zero-order valence-corrected chi connectivity index (χ0v) is 12.3. The lowest BCUT2D eigenvalue weighted by Gasteiger charge is -2.24. The normalized spacial score (nSPS) is 15.5. The van der Waals surface area contributed by atoms with Crippen LogP contribution in [0.4, 0.5) is 0 Å². The summed E-state index contributed by atoms with van der Waals surface area (Å²) in [6.45, 7) is 1.95. The van der Waals surface area contributed by atoms with E-state index in [0.717, 1.165) is 0 Å². The van der Waals surface area contributed by atoms with Crippen molar-refractivity contribution in [1.29, 1.82) is 0 Å². The molecular weight excluding hydrogens is 290 g/mol. The topological polar surface area (TPSA) is 67.8 Å². The van der Waals surface area contributed by atoms with Gasteiger partial charge in [0.05, 0.1) is 6.54 Å². The van der Waals surface area contributed by atoms with Crippen molar-refractivity contribution >= 4 is 17.2 Å². The number of hydrogen-bond donors (Lipinski definition) is 2. The van der Waals surface area contributed by atoms with Gasteiger partial charge in [-0.15, -0.1) is 0 Å². The van der Waals surface area contributed by atoms with E-state index in [-0.39, 0.29) is 19.2 Å². The van der Waals surface area contributed by atoms with E-state index in [1.807, 2.05) is 5.38 Å². The number of amides is 1. The van der Waals surface area contributed by atoms with Gasteiger partial charge in [0.15, 0.2) is 11.5 Å². The van der Waals surface area contributed by atoms with Crippen molar-refractivity contribution in [3.05, 3.63) is 46.2 Å². The minimum atomic E-state index is -1.19. The van der Waals surface area contributed by atoms with Crippen LogP contribution >= 0.6 is 11.3 Å². The fourth-order valence-electron chi connectivity index (χ4n) is 2.08. The summed E-state index contributed by atoms with van der Waals surface area (Å²) < 4.78 is 10.5. The quantitative estimate of drug-likeness (QED) is 0.908. The molecule has 1 aromatic carbocycles. The predicted octanol–water partition coefficient (Wildman–Crippen LogP) is 2.11. The number of carbonyl (C=O) groups excluding carboxylic acids is 1. The number of hydrogen-bond acceptors (Lipinski definition) is 5. The highest BCUT2D eigenvalue weighted by atomic mass is 32.1. The standard InChI is InChI=1S/C15H15NO4S/c1-15(18,8-16-14(17)10-4-5-21-7-10)11-2-3-12-13(6-11)20-9-19-12/h2-7,18H,8-9H2,1H3,(H,16,17). The van der Waals surface area contributed by atoms with Crippen LogP contribution in [-0.2, 0) is 5.60 Å². The van der Waals surface area contributed by atoms with Gasteiger partial charge in [-0.1, -0.05) is 6.07 Å². The van der Waals surface area contributed by atoms with Gasteiger partial charge in [-0.25, -0.2) is 0 Å². The van der Waals surface area contributed by atoms with Crippen molar-refractivity contribution in [3.8, 4) is 11.5 Å². The van der Waals surface area contributed by atoms with Gasteiger partial charge in [0.25, 0.3) is 5.91 Å². The largest absolute Gasteiger partial charge is 0.454 e. The maximum atomic E-state index is 11.9. The summed E-state index contributed by atoms with van der Waals surface area (Å²) in [6.07, 6.45) is 0. The summed E-state index contributed by atoms with van der Waals surface area (Å²) in [5.74, 6) is 1.08. The Morgan fingerprint density at radius 1 is 1.38 bits per heavy atom. The summed E-state index contributed by atoms with van der Waals surface area (Å²) in [5, 5.41) is 16.9. The van der Waals surface area contributed by atoms with Crippen LogP contribution in [0, 0.1) is 0 Å². The van der Waals surface area contributed by atoms with Crippen molar-refractivity contribution in [2.75, 3.05) is 13.3 Å². The van der Waals surface area contributed by atoms with Gasteiger partial charge in [-0.2, -0.15) is 11.3 Å². The van der Waals surface area contributed by atoms with E-state index in [0.29, 0.717) is 22.6 Å². The van der Waals surface area contributed by atoms with Crippen molar-refractivity contribution in [1.82, 2.24) is 5.32 Å². The second kappa shape index (κ2) is 5.38. The van der Waals surface area contributed by atoms with E-state index in [9.17, 15) is 9.90 Å². The van der Waals surface area contributed by atoms with Crippen LogP contribution in [0.2, 0.25) is 0 Å². The Kier molecular flexibility index (Phi) is 3.57. The van der Waals surface area contributed by atoms with Gasteiger partial charge < -0.3 is 19.9 Å². The third kappa shape index (κ3) is 2.86. The molecule has 1 unspecified atom stereocenters. The molecule has 2 heterocycles. The molecule has 0 saturated heterocycles. The van der Waals surface area contributed by atoms with Crippen molar-refractivity contribution in [2.24, 2.45) is 0 Å². The molecule has 0 spiro atoms. The maximum Gasteiger partial charge on any atom is 0.252 e. The first-order chi connectivity index (χ1) is 10.1. The monoisotopic (exact) mass is 305 g/mol. The Morgan fingerprint density at radius 2 is 2.19 bits per heavy atom. The average Bonchev–Trinajstić information content (AvgIpc) is 3.14. The molecule has 2 N–H and O–H groups in total. The zero-order chi connectivity index (χ0) is 14.9. The molecule has 110 valence electrons. The van der Waals surface area contributed by atoms with Gasteiger partial charge in [-0.3, -0.25) is 4.79 Å². The molecule has 21 heavy (non-hydrogen) atoms. The Labute approximate surface area is 126 Å². The molecule has 1 aromatic heterocycles. The molecular formula is C15H15NO4S.